The number of hydrogen-bond donors (Lipinski definition) is 1. The predicted octanol–water partition coefficient (Wildman–Crippen LogP) is 1.71. The largest absolute Gasteiger partial charge is 0.391 e. The highest BCUT2D eigenvalue weighted by atomic mass is 35.5. The van der Waals surface area contributed by atoms with Gasteiger partial charge < -0.3 is 10.0 Å². The van der Waals surface area contributed by atoms with Crippen LogP contribution in [-0.4, -0.2) is 34.3 Å². The average molecular weight is 242 g/mol. The van der Waals surface area contributed by atoms with Crippen LogP contribution in [0.1, 0.15) is 24.2 Å². The summed E-state index contributed by atoms with van der Waals surface area (Å²) in [5, 5.41) is 10.2. The summed E-state index contributed by atoms with van der Waals surface area (Å²) in [6, 6.07) is 0. The van der Waals surface area contributed by atoms with Crippen LogP contribution in [0.5, 0.6) is 0 Å². The number of aliphatic hydroxyl groups excluding tert-OH is 1. The molecule has 1 unspecified atom stereocenters. The second kappa shape index (κ2) is 4.55. The lowest BCUT2D eigenvalue weighted by Gasteiger charge is -2.32. The number of aliphatic hydroxyl groups is 1. The molecule has 0 spiro atoms. The highest BCUT2D eigenvalue weighted by Crippen LogP contribution is 2.25. The zero-order valence-electron chi connectivity index (χ0n) is 9.57. The Labute approximate surface area is 100 Å². The first-order valence-electron chi connectivity index (χ1n) is 5.51. The fraction of sp³-hybridized carbons (Fsp3) is 0.636. The van der Waals surface area contributed by atoms with Gasteiger partial charge in [0, 0.05) is 18.7 Å². The van der Waals surface area contributed by atoms with Crippen LogP contribution in [-0.2, 0) is 0 Å². The van der Waals surface area contributed by atoms with Crippen LogP contribution in [0.4, 0.5) is 5.82 Å². The summed E-state index contributed by atoms with van der Waals surface area (Å²) in [5.74, 6) is 1.53. The zero-order valence-corrected chi connectivity index (χ0v) is 10.3. The van der Waals surface area contributed by atoms with E-state index in [1.54, 1.807) is 0 Å². The summed E-state index contributed by atoms with van der Waals surface area (Å²) in [7, 11) is 0. The van der Waals surface area contributed by atoms with E-state index in [1.165, 1.54) is 0 Å². The molecule has 1 aromatic rings. The van der Waals surface area contributed by atoms with E-state index in [4.69, 9.17) is 11.6 Å². The Balaban J connectivity index is 2.32. The fourth-order valence-electron chi connectivity index (χ4n) is 2.04. The minimum Gasteiger partial charge on any atom is -0.391 e. The quantitative estimate of drug-likeness (QED) is 0.761. The topological polar surface area (TPSA) is 49.2 Å². The number of aromatic nitrogens is 2. The van der Waals surface area contributed by atoms with Gasteiger partial charge in [0.15, 0.2) is 0 Å². The number of aryl methyl sites for hydroxylation is 1. The zero-order chi connectivity index (χ0) is 11.7. The van der Waals surface area contributed by atoms with Crippen LogP contribution >= 0.6 is 11.6 Å². The van der Waals surface area contributed by atoms with E-state index in [9.17, 15) is 5.11 Å². The van der Waals surface area contributed by atoms with E-state index in [0.717, 1.165) is 30.8 Å². The number of anilines is 1. The lowest BCUT2D eigenvalue weighted by molar-refractivity contribution is 0.154. The highest BCUT2D eigenvalue weighted by molar-refractivity contribution is 6.30. The number of nitrogens with zero attached hydrogens (tertiary/aromatic N) is 3. The first-order chi connectivity index (χ1) is 7.58. The minimum atomic E-state index is -0.262. The van der Waals surface area contributed by atoms with Gasteiger partial charge in [-0.25, -0.2) is 9.97 Å². The Morgan fingerprint density at radius 3 is 2.81 bits per heavy atom. The van der Waals surface area contributed by atoms with Crippen molar-refractivity contribution in [3.05, 3.63) is 16.5 Å². The molecule has 0 amide bonds. The van der Waals surface area contributed by atoms with Gasteiger partial charge in [-0.15, -0.1) is 0 Å². The summed E-state index contributed by atoms with van der Waals surface area (Å²) < 4.78 is 0. The maximum Gasteiger partial charge on any atom is 0.137 e. The standard InChI is InChI=1S/C11H16ClN3O/c1-7-10(12)13-8(2)14-11(7)15-5-3-4-9(16)6-15/h9,16H,3-6H2,1-2H3. The lowest BCUT2D eigenvalue weighted by atomic mass is 10.1. The summed E-state index contributed by atoms with van der Waals surface area (Å²) in [5.41, 5.74) is 0.890. The number of piperidine rings is 1. The van der Waals surface area contributed by atoms with Gasteiger partial charge >= 0.3 is 0 Å². The molecule has 16 heavy (non-hydrogen) atoms. The number of halogens is 1. The SMILES string of the molecule is Cc1nc(Cl)c(C)c(N2CCCC(O)C2)n1. The molecule has 1 atom stereocenters. The molecule has 1 aromatic heterocycles. The Morgan fingerprint density at radius 2 is 2.12 bits per heavy atom. The molecule has 0 saturated carbocycles. The van der Waals surface area contributed by atoms with Crippen LogP contribution < -0.4 is 4.90 Å². The van der Waals surface area contributed by atoms with Gasteiger partial charge in [-0.3, -0.25) is 0 Å². The molecular formula is C11H16ClN3O. The van der Waals surface area contributed by atoms with Crippen molar-refractivity contribution >= 4 is 17.4 Å². The smallest absolute Gasteiger partial charge is 0.137 e. The fourth-order valence-corrected chi connectivity index (χ4v) is 2.24. The van der Waals surface area contributed by atoms with Crippen LogP contribution in [0.25, 0.3) is 0 Å². The van der Waals surface area contributed by atoms with Crippen molar-refractivity contribution in [2.75, 3.05) is 18.0 Å². The first-order valence-corrected chi connectivity index (χ1v) is 5.89. The van der Waals surface area contributed by atoms with E-state index in [1.807, 2.05) is 13.8 Å². The molecule has 1 N–H and O–H groups in total. The van der Waals surface area contributed by atoms with Crippen molar-refractivity contribution in [2.45, 2.75) is 32.8 Å². The summed E-state index contributed by atoms with van der Waals surface area (Å²) in [4.78, 5) is 10.6. The molecule has 88 valence electrons. The van der Waals surface area contributed by atoms with Crippen molar-refractivity contribution < 1.29 is 5.11 Å². The van der Waals surface area contributed by atoms with Gasteiger partial charge in [0.2, 0.25) is 0 Å². The minimum absolute atomic E-state index is 0.262. The molecule has 1 fully saturated rings. The molecule has 4 nitrogen and oxygen atoms in total. The predicted molar refractivity (Wildman–Crippen MR) is 64.0 cm³/mol. The van der Waals surface area contributed by atoms with Crippen molar-refractivity contribution in [2.24, 2.45) is 0 Å². The van der Waals surface area contributed by atoms with Gasteiger partial charge in [-0.05, 0) is 26.7 Å². The molecule has 0 aliphatic carbocycles. The third-order valence-electron chi connectivity index (χ3n) is 2.87. The summed E-state index contributed by atoms with van der Waals surface area (Å²) in [6.45, 7) is 5.30. The second-order valence-electron chi connectivity index (χ2n) is 4.25. The molecule has 1 aliphatic heterocycles. The van der Waals surface area contributed by atoms with Crippen LogP contribution in [0.2, 0.25) is 5.15 Å². The molecule has 1 aliphatic rings. The Bertz CT molecular complexity index is 397. The van der Waals surface area contributed by atoms with E-state index in [2.05, 4.69) is 14.9 Å². The Kier molecular flexibility index (Phi) is 3.30. The van der Waals surface area contributed by atoms with E-state index in [0.29, 0.717) is 17.5 Å². The number of hydrogen-bond acceptors (Lipinski definition) is 4. The van der Waals surface area contributed by atoms with E-state index < -0.39 is 0 Å². The van der Waals surface area contributed by atoms with Gasteiger partial charge in [-0.2, -0.15) is 0 Å². The van der Waals surface area contributed by atoms with Crippen molar-refractivity contribution in [1.29, 1.82) is 0 Å². The first kappa shape index (κ1) is 11.6. The molecule has 5 heteroatoms. The van der Waals surface area contributed by atoms with E-state index in [-0.39, 0.29) is 6.10 Å². The monoisotopic (exact) mass is 241 g/mol. The van der Waals surface area contributed by atoms with Crippen LogP contribution in [0.3, 0.4) is 0 Å². The van der Waals surface area contributed by atoms with Crippen molar-refractivity contribution in [3.63, 3.8) is 0 Å². The maximum absolute atomic E-state index is 9.65. The molecule has 1 saturated heterocycles. The van der Waals surface area contributed by atoms with Crippen LogP contribution in [0.15, 0.2) is 0 Å². The Morgan fingerprint density at radius 1 is 1.38 bits per heavy atom. The van der Waals surface area contributed by atoms with Crippen LogP contribution in [0, 0.1) is 13.8 Å². The van der Waals surface area contributed by atoms with Crippen molar-refractivity contribution in [1.82, 2.24) is 9.97 Å². The third-order valence-corrected chi connectivity index (χ3v) is 3.24. The molecule has 0 radical (unpaired) electrons. The molecule has 0 bridgehead atoms. The van der Waals surface area contributed by atoms with Gasteiger partial charge in [0.25, 0.3) is 0 Å². The Hall–Kier alpha value is -0.870. The molecule has 2 heterocycles. The van der Waals surface area contributed by atoms with E-state index >= 15 is 0 Å². The lowest BCUT2D eigenvalue weighted by Crippen LogP contribution is -2.39. The van der Waals surface area contributed by atoms with Gasteiger partial charge in [0.05, 0.1) is 6.10 Å². The maximum atomic E-state index is 9.65. The number of β-amino-alcohol motifs (C(OH)–C–C–N with tert-alkyl or cyclic N) is 1. The van der Waals surface area contributed by atoms with Crippen molar-refractivity contribution in [3.8, 4) is 0 Å². The average Bonchev–Trinajstić information content (AvgIpc) is 2.23. The highest BCUT2D eigenvalue weighted by Gasteiger charge is 2.21. The molecular weight excluding hydrogens is 226 g/mol. The number of rotatable bonds is 1. The molecule has 2 rings (SSSR count). The molecule has 0 aromatic carbocycles. The van der Waals surface area contributed by atoms with Gasteiger partial charge in [-0.1, -0.05) is 11.6 Å². The second-order valence-corrected chi connectivity index (χ2v) is 4.61. The summed E-state index contributed by atoms with van der Waals surface area (Å²) in [6.07, 6.45) is 1.59. The van der Waals surface area contributed by atoms with Gasteiger partial charge in [0.1, 0.15) is 16.8 Å². The normalized spacial score (nSPS) is 21.2. The third kappa shape index (κ3) is 2.28. The summed E-state index contributed by atoms with van der Waals surface area (Å²) >= 11 is 6.03.